The van der Waals surface area contributed by atoms with Gasteiger partial charge in [0.2, 0.25) is 0 Å². The Morgan fingerprint density at radius 3 is 2.71 bits per heavy atom. The molecule has 2 aromatic rings. The summed E-state index contributed by atoms with van der Waals surface area (Å²) in [6.45, 7) is 1.90. The van der Waals surface area contributed by atoms with E-state index in [9.17, 15) is 4.79 Å². The summed E-state index contributed by atoms with van der Waals surface area (Å²) in [5.41, 5.74) is 1.67. The third-order valence-corrected chi connectivity index (χ3v) is 3.47. The van der Waals surface area contributed by atoms with Gasteiger partial charge >= 0.3 is 0 Å². The smallest absolute Gasteiger partial charge is 0.171 e. The number of carbonyl (C=O) groups is 1. The van der Waals surface area contributed by atoms with Crippen molar-refractivity contribution in [3.8, 4) is 10.6 Å². The first-order chi connectivity index (χ1) is 8.22. The summed E-state index contributed by atoms with van der Waals surface area (Å²) in [7, 11) is 1.59. The van der Waals surface area contributed by atoms with Gasteiger partial charge in [-0.15, -0.1) is 11.3 Å². The molecule has 0 aliphatic rings. The molecule has 17 heavy (non-hydrogen) atoms. The van der Waals surface area contributed by atoms with E-state index in [1.807, 2.05) is 12.1 Å². The summed E-state index contributed by atoms with van der Waals surface area (Å²) in [5, 5.41) is 0.824. The fraction of sp³-hybridized carbons (Fsp3) is 0.250. The molecule has 0 N–H and O–H groups in total. The van der Waals surface area contributed by atoms with Crippen LogP contribution < -0.4 is 0 Å². The number of ketones is 1. The van der Waals surface area contributed by atoms with Crippen LogP contribution in [0.25, 0.3) is 10.6 Å². The van der Waals surface area contributed by atoms with Crippen LogP contribution >= 0.6 is 11.3 Å². The molecule has 0 fully saturated rings. The number of nitrogens with zero attached hydrogens (tertiary/aromatic N) is 2. The minimum Gasteiger partial charge on any atom is -0.378 e. The number of rotatable bonds is 4. The van der Waals surface area contributed by atoms with Crippen LogP contribution in [0.1, 0.15) is 22.3 Å². The van der Waals surface area contributed by atoms with Crippen LogP contribution in [0.5, 0.6) is 0 Å². The van der Waals surface area contributed by atoms with E-state index in [0.29, 0.717) is 17.2 Å². The number of thiazole rings is 1. The van der Waals surface area contributed by atoms with Gasteiger partial charge in [-0.05, 0) is 12.1 Å². The van der Waals surface area contributed by atoms with E-state index in [2.05, 4.69) is 9.97 Å². The van der Waals surface area contributed by atoms with Gasteiger partial charge in [-0.3, -0.25) is 9.78 Å². The first-order valence-corrected chi connectivity index (χ1v) is 5.94. The molecular weight excluding hydrogens is 236 g/mol. The Balaban J connectivity index is 2.44. The Bertz CT molecular complexity index is 523. The Kier molecular flexibility index (Phi) is 3.61. The number of pyridine rings is 1. The minimum atomic E-state index is 0.0230. The monoisotopic (exact) mass is 248 g/mol. The van der Waals surface area contributed by atoms with Crippen molar-refractivity contribution < 1.29 is 9.53 Å². The maximum Gasteiger partial charge on any atom is 0.171 e. The van der Waals surface area contributed by atoms with E-state index in [0.717, 1.165) is 10.6 Å². The van der Waals surface area contributed by atoms with E-state index >= 15 is 0 Å². The van der Waals surface area contributed by atoms with Crippen LogP contribution in [0.4, 0.5) is 0 Å². The molecule has 0 aliphatic heterocycles. The van der Waals surface area contributed by atoms with Crippen molar-refractivity contribution in [1.82, 2.24) is 9.97 Å². The Hall–Kier alpha value is -1.59. The van der Waals surface area contributed by atoms with Gasteiger partial charge in [-0.25, -0.2) is 4.98 Å². The number of methoxy groups -OCH3 is 1. The highest BCUT2D eigenvalue weighted by Crippen LogP contribution is 2.28. The molecular formula is C12H12N2O2S. The van der Waals surface area contributed by atoms with Crippen LogP contribution in [0.2, 0.25) is 0 Å². The molecule has 0 aromatic carbocycles. The molecule has 2 aromatic heterocycles. The van der Waals surface area contributed by atoms with Gasteiger partial charge < -0.3 is 4.74 Å². The molecule has 5 heteroatoms. The lowest BCUT2D eigenvalue weighted by atomic mass is 10.3. The van der Waals surface area contributed by atoms with Crippen molar-refractivity contribution >= 4 is 17.1 Å². The normalized spacial score (nSPS) is 10.5. The second-order valence-electron chi connectivity index (χ2n) is 3.52. The average Bonchev–Trinajstić information content (AvgIpc) is 2.75. The zero-order valence-corrected chi connectivity index (χ0v) is 10.5. The van der Waals surface area contributed by atoms with Crippen LogP contribution in [0.15, 0.2) is 24.5 Å². The molecule has 0 unspecified atom stereocenters. The van der Waals surface area contributed by atoms with Gasteiger partial charge in [0.1, 0.15) is 5.01 Å². The molecule has 0 saturated carbocycles. The average molecular weight is 248 g/mol. The van der Waals surface area contributed by atoms with E-state index in [1.54, 1.807) is 26.4 Å². The fourth-order valence-corrected chi connectivity index (χ4v) is 2.45. The molecule has 0 saturated heterocycles. The van der Waals surface area contributed by atoms with Crippen molar-refractivity contribution in [1.29, 1.82) is 0 Å². The van der Waals surface area contributed by atoms with Crippen LogP contribution in [-0.2, 0) is 11.3 Å². The Morgan fingerprint density at radius 2 is 2.12 bits per heavy atom. The van der Waals surface area contributed by atoms with Crippen molar-refractivity contribution in [2.75, 3.05) is 7.11 Å². The maximum absolute atomic E-state index is 11.5. The summed E-state index contributed by atoms with van der Waals surface area (Å²) in [6.07, 6.45) is 3.42. The highest BCUT2D eigenvalue weighted by molar-refractivity contribution is 7.17. The van der Waals surface area contributed by atoms with Crippen LogP contribution in [-0.4, -0.2) is 22.9 Å². The summed E-state index contributed by atoms with van der Waals surface area (Å²) in [4.78, 5) is 20.5. The standard InChI is InChI=1S/C12H12N2O2S/c1-8(15)11-10(7-16-2)14-12(17-11)9-3-5-13-6-4-9/h3-6H,7H2,1-2H3. The zero-order chi connectivity index (χ0) is 12.3. The van der Waals surface area contributed by atoms with Gasteiger partial charge in [0.15, 0.2) is 5.78 Å². The number of Topliss-reactive ketones (excluding diaryl/α,β-unsaturated/α-hetero) is 1. The predicted molar refractivity (Wildman–Crippen MR) is 66.1 cm³/mol. The second-order valence-corrected chi connectivity index (χ2v) is 4.52. The van der Waals surface area contributed by atoms with E-state index in [1.165, 1.54) is 11.3 Å². The third kappa shape index (κ3) is 2.57. The molecule has 0 atom stereocenters. The molecule has 0 bridgehead atoms. The van der Waals surface area contributed by atoms with Crippen molar-refractivity contribution in [2.45, 2.75) is 13.5 Å². The van der Waals surface area contributed by atoms with Crippen molar-refractivity contribution in [3.05, 3.63) is 35.1 Å². The van der Waals surface area contributed by atoms with Gasteiger partial charge in [0, 0.05) is 32.0 Å². The topological polar surface area (TPSA) is 52.1 Å². The SMILES string of the molecule is COCc1nc(-c2ccncc2)sc1C(C)=O. The summed E-state index contributed by atoms with van der Waals surface area (Å²) in [5.74, 6) is 0.0230. The van der Waals surface area contributed by atoms with Gasteiger partial charge in [-0.2, -0.15) is 0 Å². The lowest BCUT2D eigenvalue weighted by molar-refractivity contribution is 0.101. The number of ether oxygens (including phenoxy) is 1. The van der Waals surface area contributed by atoms with E-state index in [4.69, 9.17) is 4.74 Å². The molecule has 0 radical (unpaired) electrons. The minimum absolute atomic E-state index is 0.0230. The lowest BCUT2D eigenvalue weighted by Crippen LogP contribution is -1.97. The molecule has 0 amide bonds. The Labute approximate surface area is 103 Å². The third-order valence-electron chi connectivity index (χ3n) is 2.23. The van der Waals surface area contributed by atoms with Crippen molar-refractivity contribution in [3.63, 3.8) is 0 Å². The first-order valence-electron chi connectivity index (χ1n) is 5.12. The number of hydrogen-bond donors (Lipinski definition) is 0. The number of hydrogen-bond acceptors (Lipinski definition) is 5. The Morgan fingerprint density at radius 1 is 1.41 bits per heavy atom. The van der Waals surface area contributed by atoms with Crippen LogP contribution in [0.3, 0.4) is 0 Å². The summed E-state index contributed by atoms with van der Waals surface area (Å²) in [6, 6.07) is 3.75. The summed E-state index contributed by atoms with van der Waals surface area (Å²) >= 11 is 1.39. The maximum atomic E-state index is 11.5. The fourth-order valence-electron chi connectivity index (χ4n) is 1.48. The van der Waals surface area contributed by atoms with Crippen molar-refractivity contribution in [2.24, 2.45) is 0 Å². The molecule has 88 valence electrons. The number of aromatic nitrogens is 2. The largest absolute Gasteiger partial charge is 0.378 e. The molecule has 0 spiro atoms. The highest BCUT2D eigenvalue weighted by Gasteiger charge is 2.15. The molecule has 0 aliphatic carbocycles. The lowest BCUT2D eigenvalue weighted by Gasteiger charge is -1.95. The molecule has 2 rings (SSSR count). The molecule has 2 heterocycles. The second kappa shape index (κ2) is 5.16. The number of carbonyl (C=O) groups excluding carboxylic acids is 1. The van der Waals surface area contributed by atoms with E-state index in [-0.39, 0.29) is 5.78 Å². The van der Waals surface area contributed by atoms with Gasteiger partial charge in [0.05, 0.1) is 17.2 Å². The quantitative estimate of drug-likeness (QED) is 0.780. The first kappa shape index (κ1) is 11.9. The predicted octanol–water partition coefficient (Wildman–Crippen LogP) is 2.55. The zero-order valence-electron chi connectivity index (χ0n) is 9.64. The molecule has 4 nitrogen and oxygen atoms in total. The highest BCUT2D eigenvalue weighted by atomic mass is 32.1. The van der Waals surface area contributed by atoms with Gasteiger partial charge in [0.25, 0.3) is 0 Å². The van der Waals surface area contributed by atoms with Gasteiger partial charge in [-0.1, -0.05) is 0 Å². The van der Waals surface area contributed by atoms with Crippen LogP contribution in [0, 0.1) is 0 Å². The van der Waals surface area contributed by atoms with E-state index < -0.39 is 0 Å². The summed E-state index contributed by atoms with van der Waals surface area (Å²) < 4.78 is 5.05.